The zero-order valence-corrected chi connectivity index (χ0v) is 17.3. The first-order valence-corrected chi connectivity index (χ1v) is 10.3. The fourth-order valence-electron chi connectivity index (χ4n) is 4.32. The maximum Gasteiger partial charge on any atom is 0.336 e. The highest BCUT2D eigenvalue weighted by molar-refractivity contribution is 6.31. The van der Waals surface area contributed by atoms with E-state index in [0.29, 0.717) is 22.0 Å². The summed E-state index contributed by atoms with van der Waals surface area (Å²) in [5, 5.41) is 11.7. The third kappa shape index (κ3) is 3.14. The van der Waals surface area contributed by atoms with E-state index in [2.05, 4.69) is 0 Å². The molecule has 3 aromatic carbocycles. The molecule has 2 amide bonds. The van der Waals surface area contributed by atoms with Gasteiger partial charge in [0.1, 0.15) is 5.92 Å². The van der Waals surface area contributed by atoms with Gasteiger partial charge in [0.05, 0.1) is 23.0 Å². The van der Waals surface area contributed by atoms with Crippen molar-refractivity contribution in [1.29, 1.82) is 0 Å². The molecule has 0 saturated carbocycles. The molecule has 0 unspecified atom stereocenters. The van der Waals surface area contributed by atoms with Gasteiger partial charge in [-0.15, -0.1) is 0 Å². The van der Waals surface area contributed by atoms with Gasteiger partial charge in [-0.3, -0.25) is 14.4 Å². The second-order valence-corrected chi connectivity index (χ2v) is 7.98. The number of carboxylic acids is 1. The second kappa shape index (κ2) is 7.78. The van der Waals surface area contributed by atoms with Gasteiger partial charge in [-0.1, -0.05) is 48.0 Å². The summed E-state index contributed by atoms with van der Waals surface area (Å²) in [5.74, 6) is -2.99. The van der Waals surface area contributed by atoms with E-state index in [1.165, 1.54) is 11.1 Å². The predicted octanol–water partition coefficient (Wildman–Crippen LogP) is 4.09. The first kappa shape index (κ1) is 20.2. The summed E-state index contributed by atoms with van der Waals surface area (Å²) in [6.45, 7) is 0. The number of fused-ring (bicyclic) bond motifs is 1. The summed E-state index contributed by atoms with van der Waals surface area (Å²) in [5.41, 5.74) is 1.45. The Hall–Kier alpha value is -3.68. The molecular weight excluding hydrogens is 432 g/mol. The first-order chi connectivity index (χ1) is 15.5. The summed E-state index contributed by atoms with van der Waals surface area (Å²) in [6.07, 6.45) is -1.08. The molecule has 3 atom stereocenters. The molecule has 0 aromatic heterocycles. The Morgan fingerprint density at radius 1 is 0.844 bits per heavy atom. The number of hydrogen-bond donors (Lipinski definition) is 1. The molecule has 8 heteroatoms. The Balaban J connectivity index is 1.63. The lowest BCUT2D eigenvalue weighted by molar-refractivity contribution is -0.126. The van der Waals surface area contributed by atoms with Crippen molar-refractivity contribution in [2.24, 2.45) is 5.92 Å². The predicted molar refractivity (Wildman–Crippen MR) is 117 cm³/mol. The highest BCUT2D eigenvalue weighted by Gasteiger charge is 2.60. The highest BCUT2D eigenvalue weighted by Crippen LogP contribution is 2.48. The fraction of sp³-hybridized carbons (Fsp3) is 0.125. The molecule has 0 bridgehead atoms. The van der Waals surface area contributed by atoms with Crippen LogP contribution >= 0.6 is 11.6 Å². The van der Waals surface area contributed by atoms with E-state index in [-0.39, 0.29) is 5.56 Å². The molecule has 1 N–H and O–H groups in total. The van der Waals surface area contributed by atoms with Crippen LogP contribution in [0.15, 0.2) is 78.9 Å². The van der Waals surface area contributed by atoms with Gasteiger partial charge in [-0.05, 0) is 48.0 Å². The van der Waals surface area contributed by atoms with Crippen LogP contribution in [-0.2, 0) is 14.4 Å². The Kier molecular flexibility index (Phi) is 4.92. The third-order valence-corrected chi connectivity index (χ3v) is 5.97. The number of anilines is 2. The fourth-order valence-corrected chi connectivity index (χ4v) is 4.45. The van der Waals surface area contributed by atoms with Crippen LogP contribution in [0.4, 0.5) is 11.4 Å². The van der Waals surface area contributed by atoms with E-state index in [0.717, 1.165) is 4.90 Å². The first-order valence-electron chi connectivity index (χ1n) is 9.94. The van der Waals surface area contributed by atoms with Gasteiger partial charge in [-0.25, -0.2) is 14.8 Å². The van der Waals surface area contributed by atoms with Crippen LogP contribution in [0.1, 0.15) is 22.0 Å². The van der Waals surface area contributed by atoms with Crippen molar-refractivity contribution in [3.05, 3.63) is 95.0 Å². The molecule has 2 aliphatic rings. The number of aromatic carboxylic acids is 1. The summed E-state index contributed by atoms with van der Waals surface area (Å²) < 4.78 is 0. The smallest absolute Gasteiger partial charge is 0.336 e. The molecule has 0 radical (unpaired) electrons. The van der Waals surface area contributed by atoms with Crippen LogP contribution in [-0.4, -0.2) is 29.0 Å². The molecule has 5 rings (SSSR count). The molecule has 2 aliphatic heterocycles. The SMILES string of the molecule is O=C(O)c1ccccc1[C@@H]1[C@H]2C(=O)N(c3ccc(Cl)cc3)C(=O)[C@H]2ON1c1ccccc1. The van der Waals surface area contributed by atoms with Gasteiger partial charge in [0.2, 0.25) is 5.91 Å². The monoisotopic (exact) mass is 448 g/mol. The van der Waals surface area contributed by atoms with Crippen LogP contribution in [0.5, 0.6) is 0 Å². The quantitative estimate of drug-likeness (QED) is 0.605. The van der Waals surface area contributed by atoms with E-state index in [4.69, 9.17) is 16.4 Å². The lowest BCUT2D eigenvalue weighted by atomic mass is 9.88. The van der Waals surface area contributed by atoms with Crippen LogP contribution in [0.2, 0.25) is 5.02 Å². The van der Waals surface area contributed by atoms with Crippen molar-refractivity contribution in [3.8, 4) is 0 Å². The van der Waals surface area contributed by atoms with Gasteiger partial charge in [0.15, 0.2) is 6.10 Å². The number of amides is 2. The zero-order valence-electron chi connectivity index (χ0n) is 16.6. The topological polar surface area (TPSA) is 87.2 Å². The number of nitrogens with zero attached hydrogens (tertiary/aromatic N) is 2. The molecule has 160 valence electrons. The number of para-hydroxylation sites is 1. The Bertz CT molecular complexity index is 1210. The third-order valence-electron chi connectivity index (χ3n) is 5.72. The summed E-state index contributed by atoms with van der Waals surface area (Å²) >= 11 is 5.95. The van der Waals surface area contributed by atoms with Crippen LogP contribution < -0.4 is 9.96 Å². The zero-order chi connectivity index (χ0) is 22.4. The molecule has 2 saturated heterocycles. The average molecular weight is 449 g/mol. The van der Waals surface area contributed by atoms with Crippen molar-refractivity contribution in [1.82, 2.24) is 0 Å². The van der Waals surface area contributed by atoms with Gasteiger partial charge in [-0.2, -0.15) is 0 Å². The Morgan fingerprint density at radius 3 is 2.19 bits per heavy atom. The number of carboxylic acid groups (broad SMARTS) is 1. The summed E-state index contributed by atoms with van der Waals surface area (Å²) in [6, 6.07) is 21.0. The number of hydrogen-bond acceptors (Lipinski definition) is 5. The molecule has 0 spiro atoms. The van der Waals surface area contributed by atoms with Crippen molar-refractivity contribution in [2.45, 2.75) is 12.1 Å². The average Bonchev–Trinajstić information content (AvgIpc) is 3.31. The van der Waals surface area contributed by atoms with E-state index < -0.39 is 35.8 Å². The van der Waals surface area contributed by atoms with E-state index in [1.54, 1.807) is 66.7 Å². The Labute approximate surface area is 188 Å². The maximum absolute atomic E-state index is 13.5. The summed E-state index contributed by atoms with van der Waals surface area (Å²) in [7, 11) is 0. The minimum atomic E-state index is -1.12. The molecule has 3 aromatic rings. The van der Waals surface area contributed by atoms with Gasteiger partial charge in [0.25, 0.3) is 5.91 Å². The number of benzene rings is 3. The Morgan fingerprint density at radius 2 is 1.50 bits per heavy atom. The highest BCUT2D eigenvalue weighted by atomic mass is 35.5. The lowest BCUT2D eigenvalue weighted by Crippen LogP contribution is -2.37. The van der Waals surface area contributed by atoms with Crippen molar-refractivity contribution >= 4 is 40.8 Å². The van der Waals surface area contributed by atoms with Crippen LogP contribution in [0, 0.1) is 5.92 Å². The van der Waals surface area contributed by atoms with Crippen molar-refractivity contribution in [2.75, 3.05) is 9.96 Å². The number of hydroxylamine groups is 1. The van der Waals surface area contributed by atoms with E-state index >= 15 is 0 Å². The molecule has 2 heterocycles. The molecular formula is C24H17ClN2O5. The number of imide groups is 1. The molecule has 7 nitrogen and oxygen atoms in total. The molecule has 2 fully saturated rings. The number of carbonyl (C=O) groups is 3. The van der Waals surface area contributed by atoms with Gasteiger partial charge >= 0.3 is 5.97 Å². The minimum Gasteiger partial charge on any atom is -0.478 e. The second-order valence-electron chi connectivity index (χ2n) is 7.54. The lowest BCUT2D eigenvalue weighted by Gasteiger charge is -2.29. The number of carbonyl (C=O) groups excluding carboxylic acids is 2. The van der Waals surface area contributed by atoms with Gasteiger partial charge < -0.3 is 5.11 Å². The van der Waals surface area contributed by atoms with Crippen LogP contribution in [0.25, 0.3) is 0 Å². The maximum atomic E-state index is 13.5. The van der Waals surface area contributed by atoms with Gasteiger partial charge in [0, 0.05) is 5.02 Å². The van der Waals surface area contributed by atoms with E-state index in [9.17, 15) is 19.5 Å². The van der Waals surface area contributed by atoms with Crippen molar-refractivity contribution < 1.29 is 24.3 Å². The molecule has 0 aliphatic carbocycles. The molecule has 32 heavy (non-hydrogen) atoms. The minimum absolute atomic E-state index is 0.0490. The summed E-state index contributed by atoms with van der Waals surface area (Å²) in [4.78, 5) is 45.9. The van der Waals surface area contributed by atoms with Crippen LogP contribution in [0.3, 0.4) is 0 Å². The standard InChI is InChI=1S/C24H17ClN2O5/c25-14-10-12-15(13-11-14)26-22(28)19-20(17-8-4-5-9-18(17)24(30)31)27(32-21(19)23(26)29)16-6-2-1-3-7-16/h1-13,19-21H,(H,30,31)/t19-,20-,21+/m1/s1. The normalized spacial score (nSPS) is 22.3. The number of rotatable bonds is 4. The largest absolute Gasteiger partial charge is 0.478 e. The number of halogens is 1. The van der Waals surface area contributed by atoms with Crippen molar-refractivity contribution in [3.63, 3.8) is 0 Å². The van der Waals surface area contributed by atoms with E-state index in [1.807, 2.05) is 6.07 Å².